The van der Waals surface area contributed by atoms with Crippen molar-refractivity contribution in [2.75, 3.05) is 7.11 Å². The maximum Gasteiger partial charge on any atom is 0.337 e. The highest BCUT2D eigenvalue weighted by Crippen LogP contribution is 2.23. The number of rotatable bonds is 7. The van der Waals surface area contributed by atoms with Crippen LogP contribution in [0.1, 0.15) is 28.4 Å². The molecule has 0 aliphatic heterocycles. The molecule has 0 radical (unpaired) electrons. The maximum absolute atomic E-state index is 11.4. The molecule has 0 spiro atoms. The normalized spacial score (nSPS) is 11.7. The Balaban J connectivity index is 2.93. The van der Waals surface area contributed by atoms with Gasteiger partial charge in [-0.05, 0) is 17.7 Å². The van der Waals surface area contributed by atoms with Crippen LogP contribution in [0.25, 0.3) is 0 Å². The topological polar surface area (TPSA) is 52.6 Å². The zero-order chi connectivity index (χ0) is 15.7. The molecule has 0 bridgehead atoms. The molecule has 1 atom stereocenters. The van der Waals surface area contributed by atoms with Crippen molar-refractivity contribution in [2.45, 2.75) is 12.5 Å². The zero-order valence-corrected chi connectivity index (χ0v) is 12.0. The first-order chi connectivity index (χ1) is 10.1. The Kier molecular flexibility index (Phi) is 6.68. The fourth-order valence-electron chi connectivity index (χ4n) is 1.69. The van der Waals surface area contributed by atoms with Crippen LogP contribution in [0, 0.1) is 0 Å². The molecule has 0 heterocycles. The van der Waals surface area contributed by atoms with Gasteiger partial charge in [0.1, 0.15) is 6.10 Å². The van der Waals surface area contributed by atoms with Crippen LogP contribution in [-0.2, 0) is 14.3 Å². The highest BCUT2D eigenvalue weighted by atomic mass is 16.5. The van der Waals surface area contributed by atoms with Crippen LogP contribution in [0.3, 0.4) is 0 Å². The average molecular weight is 286 g/mol. The van der Waals surface area contributed by atoms with Gasteiger partial charge in [-0.3, -0.25) is 0 Å². The van der Waals surface area contributed by atoms with Gasteiger partial charge in [0.2, 0.25) is 0 Å². The Morgan fingerprint density at radius 1 is 1.24 bits per heavy atom. The summed E-state index contributed by atoms with van der Waals surface area (Å²) in [4.78, 5) is 22.8. The van der Waals surface area contributed by atoms with Gasteiger partial charge in [0, 0.05) is 12.5 Å². The molecule has 1 rings (SSSR count). The van der Waals surface area contributed by atoms with E-state index in [2.05, 4.69) is 17.9 Å². The van der Waals surface area contributed by atoms with Gasteiger partial charge < -0.3 is 9.47 Å². The minimum atomic E-state index is -0.496. The first kappa shape index (κ1) is 16.4. The molecule has 4 nitrogen and oxygen atoms in total. The van der Waals surface area contributed by atoms with Crippen molar-refractivity contribution in [3.8, 4) is 0 Å². The Bertz CT molecular complexity index is 540. The molecular weight excluding hydrogens is 268 g/mol. The lowest BCUT2D eigenvalue weighted by Crippen LogP contribution is -2.09. The summed E-state index contributed by atoms with van der Waals surface area (Å²) in [5, 5.41) is 0. The van der Waals surface area contributed by atoms with E-state index in [1.54, 1.807) is 36.4 Å². The number of ether oxygens (including phenoxy) is 2. The smallest absolute Gasteiger partial charge is 0.337 e. The summed E-state index contributed by atoms with van der Waals surface area (Å²) in [5.41, 5.74) is 1.23. The van der Waals surface area contributed by atoms with E-state index in [9.17, 15) is 9.59 Å². The lowest BCUT2D eigenvalue weighted by molar-refractivity contribution is -0.143. The minimum Gasteiger partial charge on any atom is -0.465 e. The average Bonchev–Trinajstić information content (AvgIpc) is 2.53. The van der Waals surface area contributed by atoms with Crippen molar-refractivity contribution < 1.29 is 19.1 Å². The molecule has 0 amide bonds. The molecule has 110 valence electrons. The van der Waals surface area contributed by atoms with Crippen LogP contribution in [0.5, 0.6) is 0 Å². The summed E-state index contributed by atoms with van der Waals surface area (Å²) in [6.45, 7) is 6.97. The first-order valence-corrected chi connectivity index (χ1v) is 6.41. The lowest BCUT2D eigenvalue weighted by atomic mass is 10.0. The van der Waals surface area contributed by atoms with Crippen LogP contribution >= 0.6 is 0 Å². The molecule has 0 aromatic heterocycles. The van der Waals surface area contributed by atoms with E-state index < -0.39 is 18.0 Å². The molecule has 0 fully saturated rings. The number of carbonyl (C=O) groups is 2. The molecule has 0 N–H and O–H groups in total. The highest BCUT2D eigenvalue weighted by molar-refractivity contribution is 5.89. The van der Waals surface area contributed by atoms with Gasteiger partial charge in [0.15, 0.2) is 0 Å². The van der Waals surface area contributed by atoms with Crippen molar-refractivity contribution in [3.05, 3.63) is 72.9 Å². The standard InChI is InChI=1S/C17H18O4/c1-4-6-7-8-15(21-16(18)5-2)13-9-11-14(12-10-13)17(19)20-3/h4-7,9-12,15H,1-2,8H2,3H3/b7-6+. The minimum absolute atomic E-state index is 0.410. The summed E-state index contributed by atoms with van der Waals surface area (Å²) in [7, 11) is 1.32. The zero-order valence-electron chi connectivity index (χ0n) is 12.0. The van der Waals surface area contributed by atoms with Crippen LogP contribution < -0.4 is 0 Å². The molecule has 1 unspecified atom stereocenters. The quantitative estimate of drug-likeness (QED) is 0.438. The predicted molar refractivity (Wildman–Crippen MR) is 80.8 cm³/mol. The van der Waals surface area contributed by atoms with E-state index in [4.69, 9.17) is 4.74 Å². The van der Waals surface area contributed by atoms with Gasteiger partial charge in [-0.1, -0.05) is 43.5 Å². The number of carbonyl (C=O) groups excluding carboxylic acids is 2. The van der Waals surface area contributed by atoms with Crippen molar-refractivity contribution in [1.82, 2.24) is 0 Å². The summed E-state index contributed by atoms with van der Waals surface area (Å²) in [5.74, 6) is -0.906. The van der Waals surface area contributed by atoms with E-state index in [0.717, 1.165) is 11.6 Å². The van der Waals surface area contributed by atoms with E-state index in [-0.39, 0.29) is 0 Å². The van der Waals surface area contributed by atoms with Gasteiger partial charge in [-0.2, -0.15) is 0 Å². The van der Waals surface area contributed by atoms with Crippen LogP contribution in [0.4, 0.5) is 0 Å². The maximum atomic E-state index is 11.4. The lowest BCUT2D eigenvalue weighted by Gasteiger charge is -2.16. The van der Waals surface area contributed by atoms with Crippen molar-refractivity contribution in [1.29, 1.82) is 0 Å². The van der Waals surface area contributed by atoms with Gasteiger partial charge >= 0.3 is 11.9 Å². The molecule has 0 saturated heterocycles. The monoisotopic (exact) mass is 286 g/mol. The molecule has 1 aromatic carbocycles. The summed E-state index contributed by atoms with van der Waals surface area (Å²) in [6.07, 6.45) is 6.45. The van der Waals surface area contributed by atoms with Crippen LogP contribution in [0.15, 0.2) is 61.7 Å². The largest absolute Gasteiger partial charge is 0.465 e. The summed E-state index contributed by atoms with van der Waals surface area (Å²) in [6, 6.07) is 6.73. The number of esters is 2. The molecule has 1 aromatic rings. The van der Waals surface area contributed by atoms with Crippen molar-refractivity contribution in [3.63, 3.8) is 0 Å². The number of methoxy groups -OCH3 is 1. The van der Waals surface area contributed by atoms with Gasteiger partial charge in [-0.25, -0.2) is 9.59 Å². The third kappa shape index (κ3) is 5.10. The molecular formula is C17H18O4. The number of hydrogen-bond donors (Lipinski definition) is 0. The van der Waals surface area contributed by atoms with Crippen LogP contribution in [-0.4, -0.2) is 19.0 Å². The van der Waals surface area contributed by atoms with E-state index in [1.807, 2.05) is 6.08 Å². The number of benzene rings is 1. The molecule has 0 aliphatic carbocycles. The van der Waals surface area contributed by atoms with Gasteiger partial charge in [-0.15, -0.1) is 0 Å². The van der Waals surface area contributed by atoms with E-state index in [0.29, 0.717) is 12.0 Å². The summed E-state index contributed by atoms with van der Waals surface area (Å²) < 4.78 is 9.94. The molecule has 4 heteroatoms. The Labute approximate surface area is 124 Å². The first-order valence-electron chi connectivity index (χ1n) is 6.41. The highest BCUT2D eigenvalue weighted by Gasteiger charge is 2.15. The Hall–Kier alpha value is -2.62. The van der Waals surface area contributed by atoms with Gasteiger partial charge in [0.05, 0.1) is 12.7 Å². The number of allylic oxidation sites excluding steroid dienone is 2. The fraction of sp³-hybridized carbons (Fsp3) is 0.176. The predicted octanol–water partition coefficient (Wildman–Crippen LogP) is 3.38. The van der Waals surface area contributed by atoms with Crippen molar-refractivity contribution >= 4 is 11.9 Å². The second kappa shape index (κ2) is 8.53. The third-order valence-corrected chi connectivity index (χ3v) is 2.75. The second-order valence-corrected chi connectivity index (χ2v) is 4.14. The van der Waals surface area contributed by atoms with Crippen LogP contribution in [0.2, 0.25) is 0 Å². The molecule has 0 aliphatic rings. The third-order valence-electron chi connectivity index (χ3n) is 2.75. The van der Waals surface area contributed by atoms with E-state index >= 15 is 0 Å². The fourth-order valence-corrected chi connectivity index (χ4v) is 1.69. The Morgan fingerprint density at radius 2 is 1.90 bits per heavy atom. The summed E-state index contributed by atoms with van der Waals surface area (Å²) >= 11 is 0. The second-order valence-electron chi connectivity index (χ2n) is 4.14. The number of hydrogen-bond acceptors (Lipinski definition) is 4. The van der Waals surface area contributed by atoms with E-state index in [1.165, 1.54) is 7.11 Å². The molecule has 0 saturated carbocycles. The van der Waals surface area contributed by atoms with Crippen molar-refractivity contribution in [2.24, 2.45) is 0 Å². The Morgan fingerprint density at radius 3 is 2.43 bits per heavy atom. The molecule has 21 heavy (non-hydrogen) atoms. The SMILES string of the molecule is C=C/C=C/CC(OC(=O)C=C)c1ccc(C(=O)OC)cc1. The van der Waals surface area contributed by atoms with Gasteiger partial charge in [0.25, 0.3) is 0 Å².